The SMILES string of the molecule is CN=C(NCCC(C)c1ccccc1)NCc1nc(C(C)C)cs1.I. The van der Waals surface area contributed by atoms with Gasteiger partial charge in [0.05, 0.1) is 12.2 Å². The summed E-state index contributed by atoms with van der Waals surface area (Å²) in [6.45, 7) is 8.20. The molecule has 0 amide bonds. The minimum absolute atomic E-state index is 0. The van der Waals surface area contributed by atoms with Crippen LogP contribution in [0.5, 0.6) is 0 Å². The Hall–Kier alpha value is -1.15. The van der Waals surface area contributed by atoms with Crippen LogP contribution in [0.25, 0.3) is 0 Å². The molecular formula is C19H29IN4S. The molecule has 0 aliphatic carbocycles. The van der Waals surface area contributed by atoms with Gasteiger partial charge >= 0.3 is 0 Å². The van der Waals surface area contributed by atoms with Crippen LogP contribution in [0.2, 0.25) is 0 Å². The van der Waals surface area contributed by atoms with E-state index in [1.54, 1.807) is 18.4 Å². The van der Waals surface area contributed by atoms with Gasteiger partial charge < -0.3 is 10.6 Å². The maximum atomic E-state index is 4.64. The molecule has 0 bridgehead atoms. The van der Waals surface area contributed by atoms with Crippen LogP contribution in [0, 0.1) is 0 Å². The molecule has 0 aliphatic rings. The van der Waals surface area contributed by atoms with Crippen molar-refractivity contribution in [2.45, 2.75) is 45.6 Å². The number of hydrogen-bond donors (Lipinski definition) is 2. The molecule has 0 aliphatic heterocycles. The van der Waals surface area contributed by atoms with Crippen molar-refractivity contribution in [1.29, 1.82) is 0 Å². The third-order valence-corrected chi connectivity index (χ3v) is 4.90. The Morgan fingerprint density at radius 3 is 2.48 bits per heavy atom. The number of aromatic nitrogens is 1. The fraction of sp³-hybridized carbons (Fsp3) is 0.474. The Balaban J connectivity index is 0.00000312. The highest BCUT2D eigenvalue weighted by atomic mass is 127. The number of aliphatic imine (C=N–C) groups is 1. The average molecular weight is 472 g/mol. The molecule has 2 N–H and O–H groups in total. The monoisotopic (exact) mass is 472 g/mol. The van der Waals surface area contributed by atoms with E-state index >= 15 is 0 Å². The standard InChI is InChI=1S/C19H28N4S.HI/c1-14(2)17-13-24-18(23-17)12-22-19(20-4)21-11-10-15(3)16-8-6-5-7-9-16;/h5-9,13-15H,10-12H2,1-4H3,(H2,20,21,22);1H. The zero-order valence-corrected chi connectivity index (χ0v) is 18.6. The maximum absolute atomic E-state index is 4.64. The quantitative estimate of drug-likeness (QED) is 0.348. The highest BCUT2D eigenvalue weighted by molar-refractivity contribution is 14.0. The molecule has 1 unspecified atom stereocenters. The molecule has 2 aromatic rings. The number of hydrogen-bond acceptors (Lipinski definition) is 3. The maximum Gasteiger partial charge on any atom is 0.191 e. The molecule has 0 fully saturated rings. The lowest BCUT2D eigenvalue weighted by atomic mass is 9.98. The summed E-state index contributed by atoms with van der Waals surface area (Å²) in [5, 5.41) is 9.96. The van der Waals surface area contributed by atoms with Crippen LogP contribution in [-0.2, 0) is 6.54 Å². The Bertz CT molecular complexity index is 640. The molecule has 0 radical (unpaired) electrons. The smallest absolute Gasteiger partial charge is 0.191 e. The Kier molecular flexibility index (Phi) is 10.0. The number of guanidine groups is 1. The molecule has 6 heteroatoms. The third kappa shape index (κ3) is 7.32. The summed E-state index contributed by atoms with van der Waals surface area (Å²) in [5.41, 5.74) is 2.54. The topological polar surface area (TPSA) is 49.3 Å². The van der Waals surface area contributed by atoms with Crippen molar-refractivity contribution in [2.24, 2.45) is 4.99 Å². The van der Waals surface area contributed by atoms with Crippen LogP contribution < -0.4 is 10.6 Å². The van der Waals surface area contributed by atoms with E-state index in [9.17, 15) is 0 Å². The van der Waals surface area contributed by atoms with Gasteiger partial charge in [0.2, 0.25) is 0 Å². The number of thiazole rings is 1. The van der Waals surface area contributed by atoms with Crippen molar-refractivity contribution < 1.29 is 0 Å². The van der Waals surface area contributed by atoms with E-state index in [0.717, 1.165) is 29.6 Å². The lowest BCUT2D eigenvalue weighted by Crippen LogP contribution is -2.37. The van der Waals surface area contributed by atoms with Crippen molar-refractivity contribution in [1.82, 2.24) is 15.6 Å². The van der Waals surface area contributed by atoms with E-state index in [-0.39, 0.29) is 24.0 Å². The average Bonchev–Trinajstić information content (AvgIpc) is 3.08. The summed E-state index contributed by atoms with van der Waals surface area (Å²) >= 11 is 1.70. The van der Waals surface area contributed by atoms with Crippen LogP contribution >= 0.6 is 35.3 Å². The minimum Gasteiger partial charge on any atom is -0.356 e. The summed E-state index contributed by atoms with van der Waals surface area (Å²) in [6.07, 6.45) is 1.07. The van der Waals surface area contributed by atoms with Gasteiger partial charge in [-0.15, -0.1) is 35.3 Å². The fourth-order valence-corrected chi connectivity index (χ4v) is 3.30. The van der Waals surface area contributed by atoms with Gasteiger partial charge in [-0.25, -0.2) is 4.98 Å². The molecule has 1 atom stereocenters. The molecule has 1 heterocycles. The van der Waals surface area contributed by atoms with E-state index in [2.05, 4.69) is 77.1 Å². The van der Waals surface area contributed by atoms with Crippen molar-refractivity contribution in [2.75, 3.05) is 13.6 Å². The molecule has 0 saturated carbocycles. The Morgan fingerprint density at radius 2 is 1.88 bits per heavy atom. The van der Waals surface area contributed by atoms with Crippen LogP contribution in [0.15, 0.2) is 40.7 Å². The second-order valence-electron chi connectivity index (χ2n) is 6.27. The van der Waals surface area contributed by atoms with E-state index in [0.29, 0.717) is 18.4 Å². The molecule has 1 aromatic heterocycles. The second-order valence-corrected chi connectivity index (χ2v) is 7.22. The van der Waals surface area contributed by atoms with Gasteiger partial charge in [-0.05, 0) is 23.8 Å². The van der Waals surface area contributed by atoms with E-state index < -0.39 is 0 Å². The Morgan fingerprint density at radius 1 is 1.16 bits per heavy atom. The summed E-state index contributed by atoms with van der Waals surface area (Å²) in [4.78, 5) is 8.92. The molecule has 0 saturated heterocycles. The van der Waals surface area contributed by atoms with E-state index in [1.165, 1.54) is 5.56 Å². The van der Waals surface area contributed by atoms with Crippen molar-refractivity contribution in [3.63, 3.8) is 0 Å². The number of halogens is 1. The molecule has 2 rings (SSSR count). The molecule has 0 spiro atoms. The van der Waals surface area contributed by atoms with Crippen molar-refractivity contribution >= 4 is 41.3 Å². The minimum atomic E-state index is 0. The van der Waals surface area contributed by atoms with Crippen LogP contribution in [0.3, 0.4) is 0 Å². The van der Waals surface area contributed by atoms with Crippen LogP contribution in [0.1, 0.15) is 55.3 Å². The summed E-state index contributed by atoms with van der Waals surface area (Å²) in [5.74, 6) is 1.84. The molecule has 25 heavy (non-hydrogen) atoms. The molecular weight excluding hydrogens is 443 g/mol. The fourth-order valence-electron chi connectivity index (χ4n) is 2.41. The molecule has 138 valence electrons. The Labute approximate surface area is 172 Å². The highest BCUT2D eigenvalue weighted by Crippen LogP contribution is 2.18. The molecule has 4 nitrogen and oxygen atoms in total. The number of nitrogens with zero attached hydrogens (tertiary/aromatic N) is 2. The number of rotatable bonds is 7. The molecule has 1 aromatic carbocycles. The van der Waals surface area contributed by atoms with E-state index in [4.69, 9.17) is 0 Å². The number of benzene rings is 1. The van der Waals surface area contributed by atoms with Crippen LogP contribution in [0.4, 0.5) is 0 Å². The van der Waals surface area contributed by atoms with E-state index in [1.807, 2.05) is 0 Å². The summed E-state index contributed by atoms with van der Waals surface area (Å²) in [6, 6.07) is 10.6. The zero-order valence-electron chi connectivity index (χ0n) is 15.5. The van der Waals surface area contributed by atoms with Gasteiger partial charge in [0.15, 0.2) is 5.96 Å². The lowest BCUT2D eigenvalue weighted by molar-refractivity contribution is 0.651. The first-order chi connectivity index (χ1) is 11.6. The first kappa shape index (κ1) is 21.9. The predicted octanol–water partition coefficient (Wildman–Crippen LogP) is 4.74. The number of nitrogens with one attached hydrogen (secondary N) is 2. The van der Waals surface area contributed by atoms with Gasteiger partial charge in [-0.2, -0.15) is 0 Å². The van der Waals surface area contributed by atoms with Gasteiger partial charge in [0, 0.05) is 19.0 Å². The lowest BCUT2D eigenvalue weighted by Gasteiger charge is -2.14. The predicted molar refractivity (Wildman–Crippen MR) is 119 cm³/mol. The zero-order chi connectivity index (χ0) is 17.4. The highest BCUT2D eigenvalue weighted by Gasteiger charge is 2.07. The van der Waals surface area contributed by atoms with Crippen molar-refractivity contribution in [3.05, 3.63) is 52.0 Å². The third-order valence-electron chi connectivity index (χ3n) is 4.03. The largest absolute Gasteiger partial charge is 0.356 e. The summed E-state index contributed by atoms with van der Waals surface area (Å²) < 4.78 is 0. The normalized spacial score (nSPS) is 12.6. The first-order valence-electron chi connectivity index (χ1n) is 8.54. The van der Waals surface area contributed by atoms with Crippen LogP contribution in [-0.4, -0.2) is 24.5 Å². The van der Waals surface area contributed by atoms with Gasteiger partial charge in [-0.1, -0.05) is 51.1 Å². The van der Waals surface area contributed by atoms with Gasteiger partial charge in [-0.3, -0.25) is 4.99 Å². The van der Waals surface area contributed by atoms with Crippen molar-refractivity contribution in [3.8, 4) is 0 Å². The first-order valence-corrected chi connectivity index (χ1v) is 9.42. The second kappa shape index (κ2) is 11.5. The van der Waals surface area contributed by atoms with Gasteiger partial charge in [0.1, 0.15) is 5.01 Å². The summed E-state index contributed by atoms with van der Waals surface area (Å²) in [7, 11) is 1.80. The van der Waals surface area contributed by atoms with Gasteiger partial charge in [0.25, 0.3) is 0 Å².